The highest BCUT2D eigenvalue weighted by atomic mass is 32.2. The topological polar surface area (TPSA) is 81.5 Å². The first-order chi connectivity index (χ1) is 11.1. The molecule has 0 spiro atoms. The number of carbonyl (C=O) groups excluding carboxylic acids is 1. The molecule has 6 nitrogen and oxygen atoms in total. The Balaban J connectivity index is 2.03. The molecule has 0 atom stereocenters. The highest BCUT2D eigenvalue weighted by Crippen LogP contribution is 2.22. The number of sulfonamides is 1. The Labute approximate surface area is 143 Å². The van der Waals surface area contributed by atoms with Crippen LogP contribution in [0.2, 0.25) is 0 Å². The van der Waals surface area contributed by atoms with Gasteiger partial charge in [0.1, 0.15) is 0 Å². The number of amides is 1. The van der Waals surface area contributed by atoms with Crippen LogP contribution >= 0.6 is 0 Å². The summed E-state index contributed by atoms with van der Waals surface area (Å²) in [7, 11) is -3.59. The molecule has 2 rings (SSSR count). The number of benzene rings is 1. The van der Waals surface area contributed by atoms with E-state index in [1.165, 1.54) is 28.6 Å². The molecule has 0 aliphatic carbocycles. The zero-order valence-electron chi connectivity index (χ0n) is 14.3. The predicted octanol–water partition coefficient (Wildman–Crippen LogP) is 1.83. The summed E-state index contributed by atoms with van der Waals surface area (Å²) in [4.78, 5) is 14.1. The smallest absolute Gasteiger partial charge is 0.243 e. The summed E-state index contributed by atoms with van der Waals surface area (Å²) in [5, 5.41) is 8.79. The summed E-state index contributed by atoms with van der Waals surface area (Å²) in [6.45, 7) is 7.43. The van der Waals surface area contributed by atoms with Crippen LogP contribution in [0.15, 0.2) is 29.2 Å². The van der Waals surface area contributed by atoms with Crippen molar-refractivity contribution in [3.05, 3.63) is 29.8 Å². The van der Waals surface area contributed by atoms with E-state index in [1.807, 2.05) is 26.8 Å². The van der Waals surface area contributed by atoms with Crippen molar-refractivity contribution >= 4 is 15.9 Å². The van der Waals surface area contributed by atoms with Gasteiger partial charge in [-0.2, -0.15) is 9.57 Å². The quantitative estimate of drug-likeness (QED) is 0.833. The fourth-order valence-electron chi connectivity index (χ4n) is 2.59. The molecule has 0 bridgehead atoms. The number of nitrogens with zero attached hydrogens (tertiary/aromatic N) is 3. The summed E-state index contributed by atoms with van der Waals surface area (Å²) in [5.74, 6) is 0.0675. The van der Waals surface area contributed by atoms with Gasteiger partial charge in [0.15, 0.2) is 0 Å². The van der Waals surface area contributed by atoms with E-state index in [1.54, 1.807) is 4.90 Å². The van der Waals surface area contributed by atoms with Gasteiger partial charge < -0.3 is 4.90 Å². The normalized spacial score (nSPS) is 16.7. The zero-order valence-corrected chi connectivity index (χ0v) is 15.1. The van der Waals surface area contributed by atoms with E-state index in [0.717, 1.165) is 0 Å². The molecule has 0 unspecified atom stereocenters. The number of rotatable bonds is 3. The van der Waals surface area contributed by atoms with E-state index in [9.17, 15) is 13.2 Å². The molecule has 1 fully saturated rings. The minimum Gasteiger partial charge on any atom is -0.340 e. The van der Waals surface area contributed by atoms with Gasteiger partial charge in [-0.15, -0.1) is 0 Å². The second kappa shape index (κ2) is 6.91. The fraction of sp³-hybridized carbons (Fsp3) is 0.529. The lowest BCUT2D eigenvalue weighted by Gasteiger charge is -2.35. The molecule has 0 aromatic heterocycles. The van der Waals surface area contributed by atoms with Gasteiger partial charge in [0.2, 0.25) is 15.9 Å². The number of carbonyl (C=O) groups is 1. The average Bonchev–Trinajstić information content (AvgIpc) is 2.53. The van der Waals surface area contributed by atoms with Crippen LogP contribution in [0.25, 0.3) is 0 Å². The summed E-state index contributed by atoms with van der Waals surface area (Å²) in [5.41, 5.74) is 0.342. The Kier molecular flexibility index (Phi) is 5.31. The SMILES string of the molecule is CC(C)(C)CC(=O)N1CCN(S(=O)(=O)c2ccc(C#N)cc2)CC1. The first-order valence-corrected chi connectivity index (χ1v) is 9.35. The minimum absolute atomic E-state index is 0.0675. The van der Waals surface area contributed by atoms with Crippen LogP contribution in [0.3, 0.4) is 0 Å². The Morgan fingerprint density at radius 2 is 1.67 bits per heavy atom. The van der Waals surface area contributed by atoms with Crippen LogP contribution < -0.4 is 0 Å². The molecular formula is C17H23N3O3S. The molecule has 1 saturated heterocycles. The third kappa shape index (κ3) is 4.34. The van der Waals surface area contributed by atoms with Crippen molar-refractivity contribution in [1.82, 2.24) is 9.21 Å². The van der Waals surface area contributed by atoms with Gasteiger partial charge in [0.05, 0.1) is 16.5 Å². The average molecular weight is 349 g/mol. The molecule has 1 aliphatic rings. The van der Waals surface area contributed by atoms with Crippen molar-refractivity contribution in [2.45, 2.75) is 32.1 Å². The highest BCUT2D eigenvalue weighted by molar-refractivity contribution is 7.89. The fourth-order valence-corrected chi connectivity index (χ4v) is 4.02. The van der Waals surface area contributed by atoms with Crippen molar-refractivity contribution in [3.8, 4) is 6.07 Å². The van der Waals surface area contributed by atoms with E-state index in [0.29, 0.717) is 25.1 Å². The van der Waals surface area contributed by atoms with Gasteiger partial charge >= 0.3 is 0 Å². The second-order valence-corrected chi connectivity index (χ2v) is 9.10. The maximum atomic E-state index is 12.6. The van der Waals surface area contributed by atoms with Crippen molar-refractivity contribution < 1.29 is 13.2 Å². The van der Waals surface area contributed by atoms with Crippen LogP contribution in [-0.2, 0) is 14.8 Å². The Morgan fingerprint density at radius 3 is 2.12 bits per heavy atom. The van der Waals surface area contributed by atoms with Crippen molar-refractivity contribution in [2.75, 3.05) is 26.2 Å². The molecule has 0 radical (unpaired) electrons. The Hall–Kier alpha value is -1.91. The summed E-state index contributed by atoms with van der Waals surface area (Å²) in [6, 6.07) is 7.86. The third-order valence-electron chi connectivity index (χ3n) is 3.89. The van der Waals surface area contributed by atoms with E-state index in [2.05, 4.69) is 0 Å². The van der Waals surface area contributed by atoms with Gasteiger partial charge in [0.25, 0.3) is 0 Å². The maximum Gasteiger partial charge on any atom is 0.243 e. The minimum atomic E-state index is -3.59. The third-order valence-corrected chi connectivity index (χ3v) is 5.81. The standard InChI is InChI=1S/C17H23N3O3S/c1-17(2,3)12-16(21)19-8-10-20(11-9-19)24(22,23)15-6-4-14(13-18)5-7-15/h4-7H,8-12H2,1-3H3. The van der Waals surface area contributed by atoms with Crippen LogP contribution in [0, 0.1) is 16.7 Å². The van der Waals surface area contributed by atoms with Gasteiger partial charge in [0, 0.05) is 32.6 Å². The number of nitriles is 1. The molecule has 0 N–H and O–H groups in total. The maximum absolute atomic E-state index is 12.6. The van der Waals surface area contributed by atoms with Crippen LogP contribution in [0.4, 0.5) is 0 Å². The molecular weight excluding hydrogens is 326 g/mol. The molecule has 1 aromatic rings. The van der Waals surface area contributed by atoms with Crippen LogP contribution in [0.5, 0.6) is 0 Å². The Morgan fingerprint density at radius 1 is 1.12 bits per heavy atom. The lowest BCUT2D eigenvalue weighted by atomic mass is 9.91. The van der Waals surface area contributed by atoms with Crippen LogP contribution in [0.1, 0.15) is 32.8 Å². The van der Waals surface area contributed by atoms with E-state index in [-0.39, 0.29) is 29.3 Å². The second-order valence-electron chi connectivity index (χ2n) is 7.16. The van der Waals surface area contributed by atoms with E-state index < -0.39 is 10.0 Å². The van der Waals surface area contributed by atoms with Crippen LogP contribution in [-0.4, -0.2) is 49.7 Å². The number of hydrogen-bond donors (Lipinski definition) is 0. The first-order valence-electron chi connectivity index (χ1n) is 7.91. The van der Waals surface area contributed by atoms with Gasteiger partial charge in [-0.1, -0.05) is 20.8 Å². The summed E-state index contributed by atoms with van der Waals surface area (Å²) < 4.78 is 26.7. The lowest BCUT2D eigenvalue weighted by molar-refractivity contribution is -0.134. The summed E-state index contributed by atoms with van der Waals surface area (Å²) in [6.07, 6.45) is 0.454. The zero-order chi connectivity index (χ0) is 18.0. The Bertz CT molecular complexity index is 735. The molecule has 0 saturated carbocycles. The molecule has 7 heteroatoms. The first kappa shape index (κ1) is 18.4. The number of hydrogen-bond acceptors (Lipinski definition) is 4. The predicted molar refractivity (Wildman–Crippen MR) is 90.6 cm³/mol. The molecule has 1 aliphatic heterocycles. The molecule has 1 aromatic carbocycles. The number of piperazine rings is 1. The molecule has 130 valence electrons. The summed E-state index contributed by atoms with van der Waals surface area (Å²) >= 11 is 0. The van der Waals surface area contributed by atoms with Crippen molar-refractivity contribution in [2.24, 2.45) is 5.41 Å². The van der Waals surface area contributed by atoms with E-state index >= 15 is 0 Å². The van der Waals surface area contributed by atoms with Gasteiger partial charge in [-0.05, 0) is 29.7 Å². The lowest BCUT2D eigenvalue weighted by Crippen LogP contribution is -2.50. The van der Waals surface area contributed by atoms with Crippen molar-refractivity contribution in [3.63, 3.8) is 0 Å². The molecule has 24 heavy (non-hydrogen) atoms. The molecule has 1 amide bonds. The van der Waals surface area contributed by atoms with Gasteiger partial charge in [-0.25, -0.2) is 8.42 Å². The highest BCUT2D eigenvalue weighted by Gasteiger charge is 2.31. The largest absolute Gasteiger partial charge is 0.340 e. The molecule has 1 heterocycles. The monoisotopic (exact) mass is 349 g/mol. The van der Waals surface area contributed by atoms with E-state index in [4.69, 9.17) is 5.26 Å². The van der Waals surface area contributed by atoms with Gasteiger partial charge in [-0.3, -0.25) is 4.79 Å². The van der Waals surface area contributed by atoms with Crippen molar-refractivity contribution in [1.29, 1.82) is 5.26 Å².